The van der Waals surface area contributed by atoms with Gasteiger partial charge in [0.1, 0.15) is 5.76 Å². The van der Waals surface area contributed by atoms with Gasteiger partial charge in [-0.05, 0) is 31.9 Å². The van der Waals surface area contributed by atoms with Gasteiger partial charge in [-0.3, -0.25) is 4.99 Å². The molecule has 0 unspecified atom stereocenters. The van der Waals surface area contributed by atoms with E-state index in [0.717, 1.165) is 24.6 Å². The second-order valence-electron chi connectivity index (χ2n) is 5.11. The van der Waals surface area contributed by atoms with Crippen LogP contribution < -0.4 is 10.6 Å². The van der Waals surface area contributed by atoms with E-state index < -0.39 is 0 Å². The van der Waals surface area contributed by atoms with Crippen LogP contribution in [0, 0.1) is 0 Å². The Morgan fingerprint density at radius 3 is 2.86 bits per heavy atom. The van der Waals surface area contributed by atoms with Crippen LogP contribution in [-0.2, 0) is 11.3 Å². The highest BCUT2D eigenvalue weighted by Gasteiger charge is 2.23. The molecule has 22 heavy (non-hydrogen) atoms. The van der Waals surface area contributed by atoms with Gasteiger partial charge in [0.2, 0.25) is 0 Å². The first kappa shape index (κ1) is 16.2. The SMILES string of the molecule is CCOC(=O)N1CCC(NC(=NC)NCc2ccco2)CC1. The second-order valence-corrected chi connectivity index (χ2v) is 5.11. The number of likely N-dealkylation sites (tertiary alicyclic amines) is 1. The van der Waals surface area contributed by atoms with Crippen LogP contribution in [0.3, 0.4) is 0 Å². The number of nitrogens with one attached hydrogen (secondary N) is 2. The Kier molecular flexibility index (Phi) is 6.12. The molecule has 0 bridgehead atoms. The zero-order valence-corrected chi connectivity index (χ0v) is 13.2. The Hall–Kier alpha value is -2.18. The summed E-state index contributed by atoms with van der Waals surface area (Å²) in [5.74, 6) is 1.60. The van der Waals surface area contributed by atoms with E-state index in [4.69, 9.17) is 9.15 Å². The maximum atomic E-state index is 11.7. The van der Waals surface area contributed by atoms with Gasteiger partial charge in [0.05, 0.1) is 19.4 Å². The monoisotopic (exact) mass is 308 g/mol. The molecule has 0 aliphatic carbocycles. The average Bonchev–Trinajstić information content (AvgIpc) is 3.05. The zero-order chi connectivity index (χ0) is 15.8. The Bertz CT molecular complexity index is 479. The normalized spacial score (nSPS) is 16.5. The minimum Gasteiger partial charge on any atom is -0.467 e. The lowest BCUT2D eigenvalue weighted by Crippen LogP contribution is -2.49. The van der Waals surface area contributed by atoms with E-state index in [1.165, 1.54) is 0 Å². The van der Waals surface area contributed by atoms with E-state index in [1.54, 1.807) is 18.2 Å². The lowest BCUT2D eigenvalue weighted by atomic mass is 10.1. The fraction of sp³-hybridized carbons (Fsp3) is 0.600. The molecule has 7 nitrogen and oxygen atoms in total. The smallest absolute Gasteiger partial charge is 0.409 e. The maximum absolute atomic E-state index is 11.7. The second kappa shape index (κ2) is 8.31. The Morgan fingerprint density at radius 2 is 2.27 bits per heavy atom. The minimum absolute atomic E-state index is 0.221. The third-order valence-electron chi connectivity index (χ3n) is 3.60. The number of guanidine groups is 1. The van der Waals surface area contributed by atoms with Gasteiger partial charge < -0.3 is 24.7 Å². The van der Waals surface area contributed by atoms with E-state index in [0.29, 0.717) is 32.3 Å². The minimum atomic E-state index is -0.221. The van der Waals surface area contributed by atoms with Crippen molar-refractivity contribution in [2.24, 2.45) is 4.99 Å². The van der Waals surface area contributed by atoms with E-state index in [1.807, 2.05) is 19.1 Å². The first-order valence-electron chi connectivity index (χ1n) is 7.64. The Labute approximate surface area is 130 Å². The molecule has 2 N–H and O–H groups in total. The van der Waals surface area contributed by atoms with Gasteiger partial charge >= 0.3 is 6.09 Å². The molecule has 1 aromatic heterocycles. The van der Waals surface area contributed by atoms with Crippen LogP contribution in [0.25, 0.3) is 0 Å². The molecule has 0 atom stereocenters. The number of hydrogen-bond acceptors (Lipinski definition) is 4. The van der Waals surface area contributed by atoms with E-state index >= 15 is 0 Å². The molecule has 2 rings (SSSR count). The highest BCUT2D eigenvalue weighted by Crippen LogP contribution is 2.11. The molecule has 1 amide bonds. The Balaban J connectivity index is 1.73. The number of amides is 1. The molecule has 1 aromatic rings. The molecule has 0 spiro atoms. The van der Waals surface area contributed by atoms with E-state index in [2.05, 4.69) is 15.6 Å². The molecule has 122 valence electrons. The van der Waals surface area contributed by atoms with Crippen LogP contribution in [0.5, 0.6) is 0 Å². The molecular formula is C15H24N4O3. The predicted molar refractivity (Wildman–Crippen MR) is 83.7 cm³/mol. The van der Waals surface area contributed by atoms with Gasteiger partial charge in [-0.25, -0.2) is 4.79 Å². The molecule has 0 aromatic carbocycles. The van der Waals surface area contributed by atoms with Crippen molar-refractivity contribution in [2.45, 2.75) is 32.4 Å². The fourth-order valence-electron chi connectivity index (χ4n) is 2.39. The third-order valence-corrected chi connectivity index (χ3v) is 3.60. The summed E-state index contributed by atoms with van der Waals surface area (Å²) in [4.78, 5) is 17.6. The summed E-state index contributed by atoms with van der Waals surface area (Å²) in [5, 5.41) is 6.59. The van der Waals surface area contributed by atoms with Gasteiger partial charge in [-0.2, -0.15) is 0 Å². The van der Waals surface area contributed by atoms with Crippen molar-refractivity contribution in [2.75, 3.05) is 26.7 Å². The first-order valence-corrected chi connectivity index (χ1v) is 7.64. The number of piperidine rings is 1. The number of carbonyl (C=O) groups is 1. The van der Waals surface area contributed by atoms with Gasteiger partial charge in [0.15, 0.2) is 5.96 Å². The molecule has 7 heteroatoms. The van der Waals surface area contributed by atoms with Gasteiger partial charge in [-0.15, -0.1) is 0 Å². The highest BCUT2D eigenvalue weighted by molar-refractivity contribution is 5.79. The molecule has 2 heterocycles. The lowest BCUT2D eigenvalue weighted by Gasteiger charge is -2.32. The number of nitrogens with zero attached hydrogens (tertiary/aromatic N) is 2. The Morgan fingerprint density at radius 1 is 1.50 bits per heavy atom. The molecule has 1 aliphatic rings. The molecule has 1 aliphatic heterocycles. The summed E-state index contributed by atoms with van der Waals surface area (Å²) in [6.07, 6.45) is 3.18. The van der Waals surface area contributed by atoms with Crippen LogP contribution in [0.1, 0.15) is 25.5 Å². The summed E-state index contributed by atoms with van der Waals surface area (Å²) in [5.41, 5.74) is 0. The maximum Gasteiger partial charge on any atom is 0.409 e. The molecular weight excluding hydrogens is 284 g/mol. The van der Waals surface area contributed by atoms with Crippen molar-refractivity contribution in [3.05, 3.63) is 24.2 Å². The number of furan rings is 1. The molecule has 0 radical (unpaired) electrons. The topological polar surface area (TPSA) is 79.1 Å². The number of hydrogen-bond donors (Lipinski definition) is 2. The average molecular weight is 308 g/mol. The van der Waals surface area contributed by atoms with E-state index in [9.17, 15) is 4.79 Å². The van der Waals surface area contributed by atoms with Crippen LogP contribution in [0.2, 0.25) is 0 Å². The summed E-state index contributed by atoms with van der Waals surface area (Å²) in [6, 6.07) is 4.07. The summed E-state index contributed by atoms with van der Waals surface area (Å²) >= 11 is 0. The number of ether oxygens (including phenoxy) is 1. The van der Waals surface area contributed by atoms with Crippen molar-refractivity contribution in [3.8, 4) is 0 Å². The molecule has 1 saturated heterocycles. The first-order chi connectivity index (χ1) is 10.7. The molecule has 1 fully saturated rings. The third kappa shape index (κ3) is 4.68. The fourth-order valence-corrected chi connectivity index (χ4v) is 2.39. The van der Waals surface area contributed by atoms with Crippen molar-refractivity contribution in [1.29, 1.82) is 0 Å². The van der Waals surface area contributed by atoms with Crippen LogP contribution in [0.4, 0.5) is 4.79 Å². The van der Waals surface area contributed by atoms with Crippen molar-refractivity contribution in [3.63, 3.8) is 0 Å². The zero-order valence-electron chi connectivity index (χ0n) is 13.2. The summed E-state index contributed by atoms with van der Waals surface area (Å²) in [6.45, 7) is 4.23. The molecule has 0 saturated carbocycles. The number of rotatable bonds is 4. The van der Waals surface area contributed by atoms with Crippen molar-refractivity contribution in [1.82, 2.24) is 15.5 Å². The van der Waals surface area contributed by atoms with Crippen molar-refractivity contribution < 1.29 is 13.9 Å². The van der Waals surface area contributed by atoms with Crippen LogP contribution >= 0.6 is 0 Å². The highest BCUT2D eigenvalue weighted by atomic mass is 16.6. The van der Waals surface area contributed by atoms with Crippen LogP contribution in [-0.4, -0.2) is 49.7 Å². The van der Waals surface area contributed by atoms with Gasteiger partial charge in [-0.1, -0.05) is 0 Å². The van der Waals surface area contributed by atoms with Crippen LogP contribution in [0.15, 0.2) is 27.8 Å². The standard InChI is InChI=1S/C15H24N4O3/c1-3-21-15(20)19-8-6-12(7-9-19)18-14(16-2)17-11-13-5-4-10-22-13/h4-5,10,12H,3,6-9,11H2,1-2H3,(H2,16,17,18). The van der Waals surface area contributed by atoms with Gasteiger partial charge in [0.25, 0.3) is 0 Å². The van der Waals surface area contributed by atoms with E-state index in [-0.39, 0.29) is 6.09 Å². The summed E-state index contributed by atoms with van der Waals surface area (Å²) < 4.78 is 10.3. The lowest BCUT2D eigenvalue weighted by molar-refractivity contribution is 0.0963. The number of aliphatic imine (C=N–C) groups is 1. The summed E-state index contributed by atoms with van der Waals surface area (Å²) in [7, 11) is 1.74. The number of carbonyl (C=O) groups excluding carboxylic acids is 1. The largest absolute Gasteiger partial charge is 0.467 e. The quantitative estimate of drug-likeness (QED) is 0.652. The predicted octanol–water partition coefficient (Wildman–Crippen LogP) is 1.57. The van der Waals surface area contributed by atoms with Crippen molar-refractivity contribution >= 4 is 12.1 Å². The van der Waals surface area contributed by atoms with Gasteiger partial charge in [0, 0.05) is 26.2 Å².